The summed E-state index contributed by atoms with van der Waals surface area (Å²) in [6.45, 7) is 7.06. The number of sulfone groups is 1. The Morgan fingerprint density at radius 2 is 1.82 bits per heavy atom. The number of fused-ring (bicyclic) bond motifs is 1. The zero-order valence-corrected chi connectivity index (χ0v) is 22.5. The molecule has 7 nitrogen and oxygen atoms in total. The number of aromatic nitrogens is 1. The summed E-state index contributed by atoms with van der Waals surface area (Å²) >= 11 is 2.03. The van der Waals surface area contributed by atoms with E-state index in [2.05, 4.69) is 4.98 Å². The van der Waals surface area contributed by atoms with Crippen LogP contribution in [0.4, 0.5) is 4.79 Å². The highest BCUT2D eigenvalue weighted by molar-refractivity contribution is 14.1. The second-order valence-corrected chi connectivity index (χ2v) is 12.4. The summed E-state index contributed by atoms with van der Waals surface area (Å²) < 4.78 is 38.6. The molecule has 0 radical (unpaired) electrons. The van der Waals surface area contributed by atoms with E-state index in [0.29, 0.717) is 28.8 Å². The van der Waals surface area contributed by atoms with Gasteiger partial charge in [0.25, 0.3) is 0 Å². The summed E-state index contributed by atoms with van der Waals surface area (Å²) in [6, 6.07) is 14.1. The van der Waals surface area contributed by atoms with Crippen LogP contribution in [-0.4, -0.2) is 49.3 Å². The third-order valence-electron chi connectivity index (χ3n) is 5.71. The average Bonchev–Trinajstić information content (AvgIpc) is 3.13. The number of benzene rings is 2. The van der Waals surface area contributed by atoms with Gasteiger partial charge in [0.15, 0.2) is 0 Å². The third kappa shape index (κ3) is 5.41. The number of aromatic amines is 1. The van der Waals surface area contributed by atoms with Crippen LogP contribution in [0.2, 0.25) is 0 Å². The Kier molecular flexibility index (Phi) is 7.25. The van der Waals surface area contributed by atoms with Crippen molar-refractivity contribution >= 4 is 49.4 Å². The van der Waals surface area contributed by atoms with Crippen LogP contribution < -0.4 is 0 Å². The van der Waals surface area contributed by atoms with E-state index in [-0.39, 0.29) is 21.9 Å². The largest absolute Gasteiger partial charge is 0.444 e. The summed E-state index contributed by atoms with van der Waals surface area (Å²) in [5.41, 5.74) is 0.959. The number of hydrogen-bond acceptors (Lipinski definition) is 5. The molecule has 9 heteroatoms. The minimum absolute atomic E-state index is 0.00169. The van der Waals surface area contributed by atoms with Gasteiger partial charge in [-0.05, 0) is 86.0 Å². The summed E-state index contributed by atoms with van der Waals surface area (Å²) in [5.74, 6) is 0. The van der Waals surface area contributed by atoms with Gasteiger partial charge in [-0.15, -0.1) is 0 Å². The maximum absolute atomic E-state index is 13.5. The molecule has 4 rings (SSSR count). The lowest BCUT2D eigenvalue weighted by Crippen LogP contribution is -2.45. The number of hydrogen-bond donors (Lipinski definition) is 1. The van der Waals surface area contributed by atoms with Gasteiger partial charge in [-0.25, -0.2) is 13.2 Å². The molecule has 3 aromatic rings. The number of rotatable bonds is 5. The number of amides is 1. The second-order valence-electron chi connectivity index (χ2n) is 9.42. The predicted octanol–water partition coefficient (Wildman–Crippen LogP) is 5.52. The van der Waals surface area contributed by atoms with Crippen molar-refractivity contribution in [2.75, 3.05) is 13.2 Å². The molecule has 34 heavy (non-hydrogen) atoms. The number of nitrogens with one attached hydrogen (secondary N) is 1. The molecular formula is C25H29IN2O5S. The topological polar surface area (TPSA) is 88.7 Å². The lowest BCUT2D eigenvalue weighted by atomic mass is 10.1. The third-order valence-corrected chi connectivity index (χ3v) is 8.74. The highest BCUT2D eigenvalue weighted by Crippen LogP contribution is 2.33. The quantitative estimate of drug-likeness (QED) is 0.392. The van der Waals surface area contributed by atoms with Crippen LogP contribution in [0, 0.1) is 3.70 Å². The van der Waals surface area contributed by atoms with Gasteiger partial charge in [0.2, 0.25) is 9.84 Å². The van der Waals surface area contributed by atoms with E-state index >= 15 is 0 Å². The van der Waals surface area contributed by atoms with Gasteiger partial charge >= 0.3 is 6.09 Å². The maximum Gasteiger partial charge on any atom is 0.410 e. The van der Waals surface area contributed by atoms with Crippen LogP contribution in [0.1, 0.15) is 39.2 Å². The Balaban J connectivity index is 1.72. The van der Waals surface area contributed by atoms with Crippen LogP contribution in [0.15, 0.2) is 58.3 Å². The van der Waals surface area contributed by atoms with Crippen molar-refractivity contribution in [2.24, 2.45) is 0 Å². The summed E-state index contributed by atoms with van der Waals surface area (Å²) in [6.07, 6.45) is 1.09. The zero-order chi connectivity index (χ0) is 24.5. The normalized spacial score (nSPS) is 15.4. The fourth-order valence-corrected chi connectivity index (χ4v) is 7.06. The van der Waals surface area contributed by atoms with Crippen LogP contribution in [-0.2, 0) is 25.9 Å². The molecule has 0 bridgehead atoms. The van der Waals surface area contributed by atoms with E-state index in [1.54, 1.807) is 35.2 Å². The minimum atomic E-state index is -3.72. The number of carbonyl (C=O) groups excluding carboxylic acids is 1. The maximum atomic E-state index is 13.5. The lowest BCUT2D eigenvalue weighted by molar-refractivity contribution is -0.00808. The highest BCUT2D eigenvalue weighted by atomic mass is 127. The Bertz CT molecular complexity index is 1280. The van der Waals surface area contributed by atoms with Crippen LogP contribution in [0.25, 0.3) is 10.9 Å². The first-order valence-electron chi connectivity index (χ1n) is 11.2. The Morgan fingerprint density at radius 3 is 2.47 bits per heavy atom. The minimum Gasteiger partial charge on any atom is -0.444 e. The molecule has 0 unspecified atom stereocenters. The van der Waals surface area contributed by atoms with Gasteiger partial charge < -0.3 is 19.4 Å². The first-order chi connectivity index (χ1) is 16.1. The molecular weight excluding hydrogens is 567 g/mol. The molecule has 1 fully saturated rings. The summed E-state index contributed by atoms with van der Waals surface area (Å²) in [4.78, 5) is 18.5. The Morgan fingerprint density at radius 1 is 1.15 bits per heavy atom. The van der Waals surface area contributed by atoms with Gasteiger partial charge in [0.1, 0.15) is 10.5 Å². The molecule has 0 atom stereocenters. The van der Waals surface area contributed by atoms with Gasteiger partial charge in [-0.1, -0.05) is 24.3 Å². The molecule has 1 amide bonds. The van der Waals surface area contributed by atoms with Crippen LogP contribution in [0.3, 0.4) is 0 Å². The van der Waals surface area contributed by atoms with Crippen molar-refractivity contribution in [3.05, 3.63) is 57.8 Å². The van der Waals surface area contributed by atoms with Gasteiger partial charge in [0, 0.05) is 36.7 Å². The molecule has 1 aliphatic heterocycles. The van der Waals surface area contributed by atoms with E-state index in [4.69, 9.17) is 9.47 Å². The average molecular weight is 596 g/mol. The zero-order valence-electron chi connectivity index (χ0n) is 19.5. The number of carbonyl (C=O) groups is 1. The predicted molar refractivity (Wildman–Crippen MR) is 139 cm³/mol. The van der Waals surface area contributed by atoms with E-state index in [1.807, 2.05) is 61.6 Å². The molecule has 1 aliphatic rings. The smallest absolute Gasteiger partial charge is 0.410 e. The fourth-order valence-electron chi connectivity index (χ4n) is 4.12. The lowest BCUT2D eigenvalue weighted by Gasteiger charge is -2.35. The number of nitrogens with zero attached hydrogens (tertiary/aromatic N) is 1. The molecule has 2 aromatic carbocycles. The SMILES string of the molecule is CC(C)(C)OC(=O)N(Cc1ccc2[nH]c(I)c(S(=O)(=O)c3ccccc3)c2c1)C1CCOCC1. The molecule has 182 valence electrons. The van der Waals surface area contributed by atoms with Gasteiger partial charge in [-0.2, -0.15) is 0 Å². The van der Waals surface area contributed by atoms with E-state index in [0.717, 1.165) is 23.9 Å². The van der Waals surface area contributed by atoms with Crippen molar-refractivity contribution in [1.82, 2.24) is 9.88 Å². The highest BCUT2D eigenvalue weighted by Gasteiger charge is 2.31. The number of ether oxygens (including phenoxy) is 2. The van der Waals surface area contributed by atoms with Crippen molar-refractivity contribution < 1.29 is 22.7 Å². The van der Waals surface area contributed by atoms with E-state index in [9.17, 15) is 13.2 Å². The molecule has 1 aromatic heterocycles. The first-order valence-corrected chi connectivity index (χ1v) is 13.8. The molecule has 1 saturated heterocycles. The Hall–Kier alpha value is -2.11. The van der Waals surface area contributed by atoms with Crippen LogP contribution >= 0.6 is 22.6 Å². The summed E-state index contributed by atoms with van der Waals surface area (Å²) in [5, 5.41) is 0.613. The Labute approximate surface area is 213 Å². The second kappa shape index (κ2) is 9.87. The van der Waals surface area contributed by atoms with Crippen molar-refractivity contribution in [2.45, 2.75) is 61.6 Å². The molecule has 0 saturated carbocycles. The van der Waals surface area contributed by atoms with Crippen molar-refractivity contribution in [3.8, 4) is 0 Å². The van der Waals surface area contributed by atoms with E-state index in [1.165, 1.54) is 0 Å². The van der Waals surface area contributed by atoms with Crippen molar-refractivity contribution in [3.63, 3.8) is 0 Å². The van der Waals surface area contributed by atoms with Crippen molar-refractivity contribution in [1.29, 1.82) is 0 Å². The monoisotopic (exact) mass is 596 g/mol. The molecule has 2 heterocycles. The van der Waals surface area contributed by atoms with Gasteiger partial charge in [-0.3, -0.25) is 0 Å². The first kappa shape index (κ1) is 25.0. The summed E-state index contributed by atoms with van der Waals surface area (Å²) in [7, 11) is -3.72. The van der Waals surface area contributed by atoms with Crippen LogP contribution in [0.5, 0.6) is 0 Å². The molecule has 0 aliphatic carbocycles. The van der Waals surface area contributed by atoms with E-state index < -0.39 is 15.4 Å². The number of H-pyrrole nitrogens is 1. The van der Waals surface area contributed by atoms with Gasteiger partial charge in [0.05, 0.1) is 8.60 Å². The number of halogens is 1. The standard InChI is InChI=1S/C25H29IN2O5S/c1-25(2,3)33-24(29)28(18-11-13-32-14-12-18)16-17-9-10-21-20(15-17)22(23(26)27-21)34(30,31)19-7-5-4-6-8-19/h4-10,15,18,27H,11-14,16H2,1-3H3. The molecule has 0 spiro atoms. The molecule has 1 N–H and O–H groups in total. The fraction of sp³-hybridized carbons (Fsp3) is 0.400.